The quantitative estimate of drug-likeness (QED) is 0.314. The highest BCUT2D eigenvalue weighted by atomic mass is 32.1. The van der Waals surface area contributed by atoms with E-state index < -0.39 is 0 Å². The standard InChI is InChI=1S/C26H21FN6S/c1-14-8-21-20(10-18(14)15-9-16(33(2)3)13-28-12-15)25(32-31-21)22-11-19-17(6-7-29-26(19)30-22)23-4-5-24(27)34-23/h4-13H,1-3H3,(H,29,30)(H,31,32). The summed E-state index contributed by atoms with van der Waals surface area (Å²) in [6, 6.07) is 13.7. The van der Waals surface area contributed by atoms with Gasteiger partial charge in [0.15, 0.2) is 5.13 Å². The molecular weight excluding hydrogens is 447 g/mol. The largest absolute Gasteiger partial charge is 0.376 e. The molecule has 0 radical (unpaired) electrons. The van der Waals surface area contributed by atoms with Crippen molar-refractivity contribution in [3.8, 4) is 33.0 Å². The Morgan fingerprint density at radius 1 is 0.971 bits per heavy atom. The second-order valence-corrected chi connectivity index (χ2v) is 9.55. The van der Waals surface area contributed by atoms with Gasteiger partial charge >= 0.3 is 0 Å². The van der Waals surface area contributed by atoms with Gasteiger partial charge in [-0.25, -0.2) is 4.98 Å². The maximum Gasteiger partial charge on any atom is 0.176 e. The monoisotopic (exact) mass is 468 g/mol. The van der Waals surface area contributed by atoms with Crippen molar-refractivity contribution in [2.45, 2.75) is 6.92 Å². The predicted octanol–water partition coefficient (Wildman–Crippen LogP) is 6.41. The number of aryl methyl sites for hydroxylation is 1. The van der Waals surface area contributed by atoms with E-state index in [2.05, 4.69) is 50.3 Å². The number of H-pyrrole nitrogens is 2. The first-order valence-corrected chi connectivity index (χ1v) is 11.6. The molecule has 8 heteroatoms. The van der Waals surface area contributed by atoms with E-state index in [-0.39, 0.29) is 5.13 Å². The van der Waals surface area contributed by atoms with E-state index in [0.29, 0.717) is 0 Å². The van der Waals surface area contributed by atoms with Crippen LogP contribution in [-0.4, -0.2) is 39.2 Å². The Bertz CT molecular complexity index is 1680. The van der Waals surface area contributed by atoms with Crippen molar-refractivity contribution < 1.29 is 4.39 Å². The highest BCUT2D eigenvalue weighted by molar-refractivity contribution is 7.14. The average molecular weight is 469 g/mol. The Labute approximate surface area is 199 Å². The molecule has 0 fully saturated rings. The maximum absolute atomic E-state index is 13.7. The number of thiophene rings is 1. The number of halogens is 1. The molecule has 168 valence electrons. The zero-order valence-corrected chi connectivity index (χ0v) is 19.7. The van der Waals surface area contributed by atoms with Gasteiger partial charge in [-0.1, -0.05) is 0 Å². The number of aromatic amines is 2. The van der Waals surface area contributed by atoms with Crippen LogP contribution in [-0.2, 0) is 0 Å². The lowest BCUT2D eigenvalue weighted by atomic mass is 9.98. The molecule has 0 spiro atoms. The zero-order valence-electron chi connectivity index (χ0n) is 18.8. The van der Waals surface area contributed by atoms with Gasteiger partial charge in [0, 0.05) is 53.3 Å². The topological polar surface area (TPSA) is 73.5 Å². The molecule has 6 nitrogen and oxygen atoms in total. The first-order valence-electron chi connectivity index (χ1n) is 10.8. The van der Waals surface area contributed by atoms with Gasteiger partial charge < -0.3 is 9.88 Å². The fourth-order valence-electron chi connectivity index (χ4n) is 4.34. The molecule has 0 saturated heterocycles. The molecule has 0 bridgehead atoms. The average Bonchev–Trinajstić information content (AvgIpc) is 3.55. The number of rotatable bonds is 4. The second kappa shape index (κ2) is 7.78. The molecule has 0 saturated carbocycles. The molecule has 0 atom stereocenters. The number of hydrogen-bond donors (Lipinski definition) is 2. The third-order valence-corrected chi connectivity index (χ3v) is 6.99. The highest BCUT2D eigenvalue weighted by Crippen LogP contribution is 2.37. The lowest BCUT2D eigenvalue weighted by Gasteiger charge is -2.14. The van der Waals surface area contributed by atoms with Crippen LogP contribution >= 0.6 is 11.3 Å². The van der Waals surface area contributed by atoms with Crippen LogP contribution in [0.15, 0.2) is 61.1 Å². The first kappa shape index (κ1) is 20.6. The summed E-state index contributed by atoms with van der Waals surface area (Å²) < 4.78 is 13.7. The van der Waals surface area contributed by atoms with Crippen LogP contribution in [0.1, 0.15) is 5.56 Å². The number of pyridine rings is 2. The molecular formula is C26H21FN6S. The number of anilines is 1. The number of fused-ring (bicyclic) bond motifs is 2. The van der Waals surface area contributed by atoms with Gasteiger partial charge in [0.25, 0.3) is 0 Å². The SMILES string of the molecule is Cc1cc2[nH]nc(-c3cc4c(-c5ccc(F)s5)ccnc4[nH]3)c2cc1-c1cncc(N(C)C)c1. The Hall–Kier alpha value is -4.04. The normalized spacial score (nSPS) is 11.5. The van der Waals surface area contributed by atoms with E-state index >= 15 is 0 Å². The molecule has 0 amide bonds. The third kappa shape index (κ3) is 3.34. The van der Waals surface area contributed by atoms with Crippen LogP contribution < -0.4 is 4.90 Å². The molecule has 6 rings (SSSR count). The van der Waals surface area contributed by atoms with Crippen LogP contribution in [0.2, 0.25) is 0 Å². The van der Waals surface area contributed by atoms with Crippen LogP contribution in [0.25, 0.3) is 54.9 Å². The van der Waals surface area contributed by atoms with Gasteiger partial charge in [-0.3, -0.25) is 10.1 Å². The van der Waals surface area contributed by atoms with Crippen molar-refractivity contribution in [1.29, 1.82) is 0 Å². The van der Waals surface area contributed by atoms with Gasteiger partial charge in [0.1, 0.15) is 11.3 Å². The fourth-order valence-corrected chi connectivity index (χ4v) is 5.11. The predicted molar refractivity (Wildman–Crippen MR) is 137 cm³/mol. The van der Waals surface area contributed by atoms with Crippen molar-refractivity contribution in [2.24, 2.45) is 0 Å². The van der Waals surface area contributed by atoms with Crippen LogP contribution in [0.5, 0.6) is 0 Å². The Balaban J connectivity index is 1.51. The highest BCUT2D eigenvalue weighted by Gasteiger charge is 2.17. The minimum Gasteiger partial charge on any atom is -0.376 e. The zero-order chi connectivity index (χ0) is 23.4. The minimum atomic E-state index is -0.204. The van der Waals surface area contributed by atoms with Gasteiger partial charge in [0.2, 0.25) is 0 Å². The van der Waals surface area contributed by atoms with Crippen LogP contribution in [0.4, 0.5) is 10.1 Å². The second-order valence-electron chi connectivity index (χ2n) is 8.52. The summed E-state index contributed by atoms with van der Waals surface area (Å²) in [5.74, 6) is 0. The summed E-state index contributed by atoms with van der Waals surface area (Å²) in [5.41, 5.74) is 8.66. The number of hydrogen-bond acceptors (Lipinski definition) is 5. The van der Waals surface area contributed by atoms with E-state index in [1.807, 2.05) is 43.5 Å². The van der Waals surface area contributed by atoms with E-state index in [1.165, 1.54) is 6.07 Å². The Kier molecular flexibility index (Phi) is 4.70. The molecule has 0 aliphatic heterocycles. The molecule has 0 aliphatic carbocycles. The molecule has 0 aliphatic rings. The van der Waals surface area contributed by atoms with E-state index in [0.717, 1.165) is 77.5 Å². The van der Waals surface area contributed by atoms with Crippen LogP contribution in [0.3, 0.4) is 0 Å². The molecule has 5 heterocycles. The fraction of sp³-hybridized carbons (Fsp3) is 0.115. The summed E-state index contributed by atoms with van der Waals surface area (Å²) in [6.07, 6.45) is 5.49. The Morgan fingerprint density at radius 3 is 2.65 bits per heavy atom. The molecule has 6 aromatic rings. The maximum atomic E-state index is 13.7. The lowest BCUT2D eigenvalue weighted by Crippen LogP contribution is -2.08. The van der Waals surface area contributed by atoms with Gasteiger partial charge in [0.05, 0.1) is 23.1 Å². The van der Waals surface area contributed by atoms with Crippen molar-refractivity contribution in [3.63, 3.8) is 0 Å². The summed E-state index contributed by atoms with van der Waals surface area (Å²) in [6.45, 7) is 2.09. The third-order valence-electron chi connectivity index (χ3n) is 6.08. The molecule has 0 unspecified atom stereocenters. The smallest absolute Gasteiger partial charge is 0.176 e. The lowest BCUT2D eigenvalue weighted by molar-refractivity contribution is 0.657. The summed E-state index contributed by atoms with van der Waals surface area (Å²) in [5, 5.41) is 9.53. The van der Waals surface area contributed by atoms with Crippen molar-refractivity contribution in [2.75, 3.05) is 19.0 Å². The van der Waals surface area contributed by atoms with Crippen LogP contribution in [0, 0.1) is 12.1 Å². The number of benzene rings is 1. The minimum absolute atomic E-state index is 0.204. The van der Waals surface area contributed by atoms with Crippen molar-refractivity contribution in [3.05, 3.63) is 71.7 Å². The Morgan fingerprint density at radius 2 is 1.85 bits per heavy atom. The van der Waals surface area contributed by atoms with Crippen molar-refractivity contribution in [1.82, 2.24) is 25.1 Å². The summed E-state index contributed by atoms with van der Waals surface area (Å²) in [7, 11) is 4.02. The van der Waals surface area contributed by atoms with Gasteiger partial charge in [-0.2, -0.15) is 9.49 Å². The first-order chi connectivity index (χ1) is 16.5. The number of nitrogens with one attached hydrogen (secondary N) is 2. The summed E-state index contributed by atoms with van der Waals surface area (Å²) in [4.78, 5) is 15.2. The summed E-state index contributed by atoms with van der Waals surface area (Å²) >= 11 is 1.13. The molecule has 2 N–H and O–H groups in total. The molecule has 5 aromatic heterocycles. The van der Waals surface area contributed by atoms with Crippen molar-refractivity contribution >= 4 is 39.0 Å². The van der Waals surface area contributed by atoms with Gasteiger partial charge in [-0.15, -0.1) is 11.3 Å². The van der Waals surface area contributed by atoms with E-state index in [1.54, 1.807) is 12.3 Å². The number of aromatic nitrogens is 5. The van der Waals surface area contributed by atoms with Gasteiger partial charge in [-0.05, 0) is 60.5 Å². The van der Waals surface area contributed by atoms with E-state index in [4.69, 9.17) is 0 Å². The van der Waals surface area contributed by atoms with E-state index in [9.17, 15) is 4.39 Å². The molecule has 34 heavy (non-hydrogen) atoms. The molecule has 1 aromatic carbocycles. The number of nitrogens with zero attached hydrogens (tertiary/aromatic N) is 4.